The van der Waals surface area contributed by atoms with Crippen molar-refractivity contribution in [1.29, 1.82) is 0 Å². The molecule has 2 N–H and O–H groups in total. The summed E-state index contributed by atoms with van der Waals surface area (Å²) in [6.07, 6.45) is 4.06. The van der Waals surface area contributed by atoms with Gasteiger partial charge in [-0.1, -0.05) is 30.7 Å². The van der Waals surface area contributed by atoms with Crippen LogP contribution in [0, 0.1) is 5.92 Å². The summed E-state index contributed by atoms with van der Waals surface area (Å²) in [5, 5.41) is 11.3. The lowest BCUT2D eigenvalue weighted by atomic mass is 9.70. The molecule has 1 aliphatic carbocycles. The Kier molecular flexibility index (Phi) is 11.2. The van der Waals surface area contributed by atoms with Gasteiger partial charge in [0, 0.05) is 61.9 Å². The van der Waals surface area contributed by atoms with E-state index < -0.39 is 45.1 Å². The molecule has 0 saturated carbocycles. The minimum atomic E-state index is -4.10. The number of hydrogen-bond acceptors (Lipinski definition) is 9. The molecule has 2 bridgehead atoms. The van der Waals surface area contributed by atoms with Gasteiger partial charge >= 0.3 is 0 Å². The number of aryl methyl sites for hydroxylation is 1. The molecule has 6 atom stereocenters. The molecule has 0 radical (unpaired) electrons. The fraction of sp³-hybridized carbons (Fsp3) is 0.595. The Morgan fingerprint density at radius 2 is 2.04 bits per heavy atom. The molecule has 274 valence electrons. The number of aliphatic hydroxyl groups is 1. The number of benzene rings is 2. The summed E-state index contributed by atoms with van der Waals surface area (Å²) in [5.41, 5.74) is 2.90. The number of allylic oxidation sites excluding steroid dienone is 1. The molecule has 0 aromatic heterocycles. The number of fused-ring (bicyclic) bond motifs is 4. The summed E-state index contributed by atoms with van der Waals surface area (Å²) in [4.78, 5) is 19.7. The van der Waals surface area contributed by atoms with Gasteiger partial charge in [0.1, 0.15) is 11.6 Å². The fourth-order valence-electron chi connectivity index (χ4n) is 8.05. The molecule has 3 heterocycles. The maximum absolute atomic E-state index is 16.5. The van der Waals surface area contributed by atoms with Gasteiger partial charge < -0.3 is 24.4 Å². The number of aliphatic hydroxyl groups excluding tert-OH is 1. The maximum atomic E-state index is 16.5. The highest BCUT2D eigenvalue weighted by Gasteiger charge is 2.45. The number of sulfonamides is 1. The highest BCUT2D eigenvalue weighted by Crippen LogP contribution is 2.45. The first kappa shape index (κ1) is 37.0. The van der Waals surface area contributed by atoms with Gasteiger partial charge in [0.2, 0.25) is 10.0 Å². The van der Waals surface area contributed by atoms with E-state index in [1.807, 2.05) is 29.0 Å². The Balaban J connectivity index is 1.42. The van der Waals surface area contributed by atoms with Crippen LogP contribution in [-0.2, 0) is 26.6 Å². The number of carbonyl (C=O) groups excluding carboxylic acids is 1. The summed E-state index contributed by atoms with van der Waals surface area (Å²) in [6, 6.07) is 10.1. The lowest BCUT2D eigenvalue weighted by Crippen LogP contribution is -2.62. The summed E-state index contributed by atoms with van der Waals surface area (Å²) in [5.74, 6) is -1.11. The largest absolute Gasteiger partial charge is 0.490 e. The average Bonchev–Trinajstić information content (AvgIpc) is 3.22. The molecule has 1 spiro atoms. The molecular formula is C37H50ClFN4O6S. The summed E-state index contributed by atoms with van der Waals surface area (Å²) in [7, 11) is -0.613. The molecule has 6 rings (SSSR count). The zero-order valence-corrected chi connectivity index (χ0v) is 31.0. The number of hydrogen-bond donors (Lipinski definition) is 2. The molecule has 1 fully saturated rings. The van der Waals surface area contributed by atoms with E-state index >= 15 is 4.39 Å². The lowest BCUT2D eigenvalue weighted by Gasteiger charge is -2.50. The number of methoxy groups -OCH3 is 1. The van der Waals surface area contributed by atoms with Gasteiger partial charge in [0.25, 0.3) is 5.91 Å². The van der Waals surface area contributed by atoms with Crippen LogP contribution in [0.15, 0.2) is 48.3 Å². The van der Waals surface area contributed by atoms with Crippen LogP contribution in [0.2, 0.25) is 5.02 Å². The quantitative estimate of drug-likeness (QED) is 0.443. The second-order valence-corrected chi connectivity index (χ2v) is 17.2. The number of nitrogens with one attached hydrogen (secondary N) is 1. The topological polar surface area (TPSA) is 112 Å². The number of rotatable bonds is 6. The van der Waals surface area contributed by atoms with Crippen molar-refractivity contribution >= 4 is 33.2 Å². The lowest BCUT2D eigenvalue weighted by molar-refractivity contribution is -0.0269. The number of amides is 1. The molecule has 4 aliphatic rings. The Morgan fingerprint density at radius 1 is 1.24 bits per heavy atom. The van der Waals surface area contributed by atoms with E-state index in [-0.39, 0.29) is 30.0 Å². The van der Waals surface area contributed by atoms with Crippen LogP contribution in [0.4, 0.5) is 10.1 Å². The number of halogens is 2. The third kappa shape index (κ3) is 7.56. The normalized spacial score (nSPS) is 30.2. The smallest absolute Gasteiger partial charge is 0.264 e. The van der Waals surface area contributed by atoms with Crippen molar-refractivity contribution in [3.05, 3.63) is 70.0 Å². The molecule has 50 heavy (non-hydrogen) atoms. The minimum Gasteiger partial charge on any atom is -0.490 e. The van der Waals surface area contributed by atoms with Gasteiger partial charge in [-0.2, -0.15) is 0 Å². The predicted octanol–water partition coefficient (Wildman–Crippen LogP) is 4.54. The number of ether oxygens (including phenoxy) is 2. The van der Waals surface area contributed by atoms with Crippen molar-refractivity contribution in [2.24, 2.45) is 5.92 Å². The standard InChI is InChI=1S/C37H50ClFN4O6S/c1-24-7-11-31(39)35(33(44)21-41(3)16-17-48-4)43-15-13-29(43)20-42-22-37(14-5-6-26-18-28(38)9-10-30(26)37)23-49-34-12-8-27(19-32(34)42)36(45)40-50(46,47)25(24)2/h8-12,18-19,24-25,29,33,35,44H,5-7,13-17,20-23H2,1-4H3,(H,40,45)/b31-11-/t24-,25+,29-,33-,35+,37-/m0/s1. The van der Waals surface area contributed by atoms with Gasteiger partial charge in [-0.25, -0.2) is 17.5 Å². The van der Waals surface area contributed by atoms with E-state index in [2.05, 4.69) is 15.7 Å². The van der Waals surface area contributed by atoms with E-state index in [4.69, 9.17) is 21.1 Å². The van der Waals surface area contributed by atoms with Gasteiger partial charge in [-0.3, -0.25) is 9.69 Å². The second kappa shape index (κ2) is 15.1. The van der Waals surface area contributed by atoms with Crippen LogP contribution in [0.25, 0.3) is 0 Å². The van der Waals surface area contributed by atoms with Crippen LogP contribution in [0.5, 0.6) is 5.75 Å². The monoisotopic (exact) mass is 732 g/mol. The molecule has 1 amide bonds. The zero-order chi connectivity index (χ0) is 35.8. The SMILES string of the molecule is COCCN(C)C[C@H](O)[C@H]1/C(F)=C/C[C@H](C)[C@@H](C)S(=O)(=O)NC(=O)c2ccc3c(c2)N(C[C@@H]2CCN21)C[C@@]1(CCCc2cc(Cl)ccc21)CO3. The maximum Gasteiger partial charge on any atom is 0.264 e. The fourth-order valence-corrected chi connectivity index (χ4v) is 9.53. The molecule has 0 unspecified atom stereocenters. The van der Waals surface area contributed by atoms with E-state index in [9.17, 15) is 18.3 Å². The Hall–Kier alpha value is -2.74. The summed E-state index contributed by atoms with van der Waals surface area (Å²) in [6.45, 7) is 6.63. The van der Waals surface area contributed by atoms with Crippen LogP contribution < -0.4 is 14.4 Å². The third-order valence-corrected chi connectivity index (χ3v) is 13.5. The number of anilines is 1. The summed E-state index contributed by atoms with van der Waals surface area (Å²) < 4.78 is 57.4. The van der Waals surface area contributed by atoms with Gasteiger partial charge in [-0.15, -0.1) is 0 Å². The molecular weight excluding hydrogens is 683 g/mol. The first-order chi connectivity index (χ1) is 23.8. The molecule has 3 aliphatic heterocycles. The molecule has 2 aromatic rings. The van der Waals surface area contributed by atoms with Gasteiger partial charge in [-0.05, 0) is 93.5 Å². The van der Waals surface area contributed by atoms with Crippen molar-refractivity contribution in [1.82, 2.24) is 14.5 Å². The third-order valence-electron chi connectivity index (χ3n) is 11.3. The molecule has 13 heteroatoms. The molecule has 10 nitrogen and oxygen atoms in total. The number of nitrogens with zero attached hydrogens (tertiary/aromatic N) is 3. The average molecular weight is 733 g/mol. The van der Waals surface area contributed by atoms with Gasteiger partial charge in [0.15, 0.2) is 0 Å². The van der Waals surface area contributed by atoms with E-state index in [0.717, 1.165) is 25.7 Å². The summed E-state index contributed by atoms with van der Waals surface area (Å²) >= 11 is 6.43. The Bertz CT molecular complexity index is 1710. The first-order valence-electron chi connectivity index (χ1n) is 17.7. The van der Waals surface area contributed by atoms with Crippen molar-refractivity contribution in [3.8, 4) is 5.75 Å². The number of likely N-dealkylation sites (N-methyl/N-ethyl adjacent to an activating group) is 1. The van der Waals surface area contributed by atoms with Gasteiger partial charge in [0.05, 0.1) is 36.3 Å². The predicted molar refractivity (Wildman–Crippen MR) is 193 cm³/mol. The Morgan fingerprint density at radius 3 is 2.78 bits per heavy atom. The van der Waals surface area contributed by atoms with Crippen LogP contribution in [0.3, 0.4) is 0 Å². The van der Waals surface area contributed by atoms with Crippen LogP contribution in [0.1, 0.15) is 61.0 Å². The van der Waals surface area contributed by atoms with E-state index in [0.29, 0.717) is 55.9 Å². The van der Waals surface area contributed by atoms with Crippen molar-refractivity contribution in [3.63, 3.8) is 0 Å². The zero-order valence-electron chi connectivity index (χ0n) is 29.4. The minimum absolute atomic E-state index is 0.100. The first-order valence-corrected chi connectivity index (χ1v) is 19.6. The van der Waals surface area contributed by atoms with Crippen LogP contribution >= 0.6 is 11.6 Å². The highest BCUT2D eigenvalue weighted by atomic mass is 35.5. The second-order valence-electron chi connectivity index (χ2n) is 14.7. The Labute approximate surface area is 300 Å². The highest BCUT2D eigenvalue weighted by molar-refractivity contribution is 7.90. The van der Waals surface area contributed by atoms with Crippen molar-refractivity contribution in [2.75, 3.05) is 65.0 Å². The number of carbonyl (C=O) groups is 1. The molecule has 2 aromatic carbocycles. The van der Waals surface area contributed by atoms with E-state index in [1.54, 1.807) is 32.2 Å². The van der Waals surface area contributed by atoms with Crippen molar-refractivity contribution in [2.45, 2.75) is 74.8 Å². The molecule has 1 saturated heterocycles. The van der Waals surface area contributed by atoms with E-state index in [1.165, 1.54) is 24.1 Å². The van der Waals surface area contributed by atoms with Crippen LogP contribution in [-0.4, -0.2) is 113 Å². The van der Waals surface area contributed by atoms with Crippen molar-refractivity contribution < 1.29 is 32.2 Å².